The van der Waals surface area contributed by atoms with Gasteiger partial charge in [-0.15, -0.1) is 0 Å². The molecule has 2 aromatic rings. The molecule has 2 N–H and O–H groups in total. The first-order valence-electron chi connectivity index (χ1n) is 10.3. The van der Waals surface area contributed by atoms with Crippen LogP contribution in [0.4, 0.5) is 10.5 Å². The standard InChI is InChI=1S/C23H24ClN3O5/c1-3-13-32-20(29)15-5-11-18(12-6-15)25-19(28)14-27-21(30)23(4-2,26-22(27)31)16-7-9-17(24)10-8-16/h5-12H,3-4,13-14H2,1-2H3,(H,25,28)(H,26,31). The Morgan fingerprint density at radius 2 is 1.72 bits per heavy atom. The SMILES string of the molecule is CCCOC(=O)c1ccc(NC(=O)CN2C(=O)NC(CC)(c3ccc(Cl)cc3)C2=O)cc1. The van der Waals surface area contributed by atoms with Crippen molar-refractivity contribution >= 4 is 41.1 Å². The van der Waals surface area contributed by atoms with Gasteiger partial charge in [0, 0.05) is 10.7 Å². The number of carbonyl (C=O) groups excluding carboxylic acids is 4. The molecule has 32 heavy (non-hydrogen) atoms. The van der Waals surface area contributed by atoms with Crippen molar-refractivity contribution < 1.29 is 23.9 Å². The van der Waals surface area contributed by atoms with Crippen LogP contribution in [0.3, 0.4) is 0 Å². The van der Waals surface area contributed by atoms with E-state index in [1.54, 1.807) is 43.3 Å². The summed E-state index contributed by atoms with van der Waals surface area (Å²) in [7, 11) is 0. The number of nitrogens with one attached hydrogen (secondary N) is 2. The van der Waals surface area contributed by atoms with Crippen molar-refractivity contribution in [2.45, 2.75) is 32.2 Å². The molecule has 0 aromatic heterocycles. The first kappa shape index (κ1) is 23.3. The van der Waals surface area contributed by atoms with E-state index in [1.165, 1.54) is 12.1 Å². The fraction of sp³-hybridized carbons (Fsp3) is 0.304. The van der Waals surface area contributed by atoms with Crippen LogP contribution in [0.5, 0.6) is 0 Å². The van der Waals surface area contributed by atoms with Crippen LogP contribution < -0.4 is 10.6 Å². The number of hydrogen-bond acceptors (Lipinski definition) is 5. The lowest BCUT2D eigenvalue weighted by Crippen LogP contribution is -2.44. The zero-order valence-electron chi connectivity index (χ0n) is 17.8. The van der Waals surface area contributed by atoms with E-state index in [9.17, 15) is 19.2 Å². The predicted molar refractivity (Wildman–Crippen MR) is 119 cm³/mol. The highest BCUT2D eigenvalue weighted by Crippen LogP contribution is 2.33. The van der Waals surface area contributed by atoms with Crippen LogP contribution in [0.15, 0.2) is 48.5 Å². The third-order valence-electron chi connectivity index (χ3n) is 5.19. The summed E-state index contributed by atoms with van der Waals surface area (Å²) in [5, 5.41) is 5.86. The van der Waals surface area contributed by atoms with Crippen molar-refractivity contribution in [2.24, 2.45) is 0 Å². The van der Waals surface area contributed by atoms with Crippen LogP contribution in [-0.2, 0) is 19.9 Å². The van der Waals surface area contributed by atoms with Gasteiger partial charge in [-0.1, -0.05) is 37.6 Å². The Kier molecular flexibility index (Phi) is 7.15. The van der Waals surface area contributed by atoms with Crippen LogP contribution in [0.25, 0.3) is 0 Å². The number of benzene rings is 2. The highest BCUT2D eigenvalue weighted by Gasteiger charge is 2.51. The van der Waals surface area contributed by atoms with Gasteiger partial charge in [-0.05, 0) is 54.8 Å². The highest BCUT2D eigenvalue weighted by atomic mass is 35.5. The smallest absolute Gasteiger partial charge is 0.338 e. The monoisotopic (exact) mass is 457 g/mol. The number of hydrogen-bond donors (Lipinski definition) is 2. The van der Waals surface area contributed by atoms with Gasteiger partial charge in [-0.2, -0.15) is 0 Å². The lowest BCUT2D eigenvalue weighted by atomic mass is 9.87. The number of nitrogens with zero attached hydrogens (tertiary/aromatic N) is 1. The van der Waals surface area contributed by atoms with E-state index in [1.807, 2.05) is 6.92 Å². The first-order valence-corrected chi connectivity index (χ1v) is 10.7. The maximum atomic E-state index is 13.1. The number of rotatable bonds is 8. The van der Waals surface area contributed by atoms with Gasteiger partial charge >= 0.3 is 12.0 Å². The number of urea groups is 1. The summed E-state index contributed by atoms with van der Waals surface area (Å²) in [6.45, 7) is 3.57. The van der Waals surface area contributed by atoms with Crippen molar-refractivity contribution in [3.05, 3.63) is 64.7 Å². The molecule has 1 aliphatic heterocycles. The van der Waals surface area contributed by atoms with E-state index in [0.29, 0.717) is 34.9 Å². The highest BCUT2D eigenvalue weighted by molar-refractivity contribution is 6.30. The van der Waals surface area contributed by atoms with Crippen LogP contribution >= 0.6 is 11.6 Å². The average Bonchev–Trinajstić information content (AvgIpc) is 3.03. The van der Waals surface area contributed by atoms with Gasteiger partial charge in [-0.3, -0.25) is 14.5 Å². The molecule has 168 valence electrons. The number of carbonyl (C=O) groups is 4. The number of anilines is 1. The van der Waals surface area contributed by atoms with Crippen molar-refractivity contribution in [1.29, 1.82) is 0 Å². The molecule has 3 rings (SSSR count). The molecular weight excluding hydrogens is 434 g/mol. The fourth-order valence-corrected chi connectivity index (χ4v) is 3.58. The third kappa shape index (κ3) is 4.75. The van der Waals surface area contributed by atoms with E-state index in [-0.39, 0.29) is 0 Å². The largest absolute Gasteiger partial charge is 0.462 e. The number of esters is 1. The maximum Gasteiger partial charge on any atom is 0.338 e. The zero-order valence-corrected chi connectivity index (χ0v) is 18.6. The molecule has 1 unspecified atom stereocenters. The average molecular weight is 458 g/mol. The summed E-state index contributed by atoms with van der Waals surface area (Å²) in [4.78, 5) is 50.9. The number of halogens is 1. The van der Waals surface area contributed by atoms with Crippen LogP contribution in [0, 0.1) is 0 Å². The molecule has 1 atom stereocenters. The van der Waals surface area contributed by atoms with Crippen molar-refractivity contribution in [3.8, 4) is 0 Å². The lowest BCUT2D eigenvalue weighted by molar-refractivity contribution is -0.134. The van der Waals surface area contributed by atoms with Gasteiger partial charge in [0.25, 0.3) is 5.91 Å². The lowest BCUT2D eigenvalue weighted by Gasteiger charge is -2.25. The Bertz CT molecular complexity index is 1020. The van der Waals surface area contributed by atoms with E-state index < -0.39 is 35.9 Å². The Morgan fingerprint density at radius 1 is 1.06 bits per heavy atom. The minimum Gasteiger partial charge on any atom is -0.462 e. The predicted octanol–water partition coefficient (Wildman–Crippen LogP) is 3.70. The zero-order chi connectivity index (χ0) is 23.3. The molecule has 0 saturated carbocycles. The van der Waals surface area contributed by atoms with E-state index >= 15 is 0 Å². The first-order chi connectivity index (χ1) is 15.3. The van der Waals surface area contributed by atoms with Gasteiger partial charge in [0.05, 0.1) is 12.2 Å². The molecule has 0 aliphatic carbocycles. The summed E-state index contributed by atoms with van der Waals surface area (Å²) in [6.07, 6.45) is 1.03. The van der Waals surface area contributed by atoms with Gasteiger partial charge < -0.3 is 15.4 Å². The topological polar surface area (TPSA) is 105 Å². The normalized spacial score (nSPS) is 17.8. The van der Waals surface area contributed by atoms with Crippen molar-refractivity contribution in [3.63, 3.8) is 0 Å². The minimum absolute atomic E-state index is 0.312. The molecule has 1 fully saturated rings. The molecular formula is C23H24ClN3O5. The molecule has 4 amide bonds. The molecule has 9 heteroatoms. The number of imide groups is 1. The molecule has 8 nitrogen and oxygen atoms in total. The third-order valence-corrected chi connectivity index (χ3v) is 5.44. The molecule has 2 aromatic carbocycles. The molecule has 0 bridgehead atoms. The summed E-state index contributed by atoms with van der Waals surface area (Å²) in [6, 6.07) is 12.2. The number of amides is 4. The molecule has 1 heterocycles. The summed E-state index contributed by atoms with van der Waals surface area (Å²) < 4.78 is 5.06. The molecule has 0 radical (unpaired) electrons. The van der Waals surface area contributed by atoms with E-state index in [4.69, 9.17) is 16.3 Å². The maximum absolute atomic E-state index is 13.1. The summed E-state index contributed by atoms with van der Waals surface area (Å²) >= 11 is 5.93. The van der Waals surface area contributed by atoms with Crippen LogP contribution in [-0.4, -0.2) is 41.9 Å². The fourth-order valence-electron chi connectivity index (χ4n) is 3.46. The van der Waals surface area contributed by atoms with E-state index in [2.05, 4.69) is 10.6 Å². The van der Waals surface area contributed by atoms with Gasteiger partial charge in [0.15, 0.2) is 0 Å². The second-order valence-corrected chi connectivity index (χ2v) is 7.79. The Morgan fingerprint density at radius 3 is 2.31 bits per heavy atom. The molecule has 1 saturated heterocycles. The van der Waals surface area contributed by atoms with Crippen LogP contribution in [0.2, 0.25) is 5.02 Å². The quantitative estimate of drug-likeness (QED) is 0.464. The van der Waals surface area contributed by atoms with Gasteiger partial charge in [0.1, 0.15) is 12.1 Å². The molecule has 1 aliphatic rings. The Balaban J connectivity index is 1.67. The second-order valence-electron chi connectivity index (χ2n) is 7.35. The van der Waals surface area contributed by atoms with Gasteiger partial charge in [-0.25, -0.2) is 9.59 Å². The summed E-state index contributed by atoms with van der Waals surface area (Å²) in [5.41, 5.74) is 0.133. The minimum atomic E-state index is -1.25. The Labute approximate surface area is 190 Å². The second kappa shape index (κ2) is 9.82. The molecule has 0 spiro atoms. The van der Waals surface area contributed by atoms with Gasteiger partial charge in [0.2, 0.25) is 5.91 Å². The van der Waals surface area contributed by atoms with Crippen LogP contribution in [0.1, 0.15) is 42.6 Å². The summed E-state index contributed by atoms with van der Waals surface area (Å²) in [5.74, 6) is -1.49. The van der Waals surface area contributed by atoms with Crippen molar-refractivity contribution in [2.75, 3.05) is 18.5 Å². The number of ether oxygens (including phenoxy) is 1. The van der Waals surface area contributed by atoms with Crippen molar-refractivity contribution in [1.82, 2.24) is 10.2 Å². The van der Waals surface area contributed by atoms with E-state index in [0.717, 1.165) is 11.3 Å². The Hall–Kier alpha value is -3.39.